The first-order valence-corrected chi connectivity index (χ1v) is 8.28. The number of nitrogens with one attached hydrogen (secondary N) is 1. The maximum atomic E-state index is 12.0. The zero-order valence-electron chi connectivity index (χ0n) is 10.6. The summed E-state index contributed by atoms with van der Waals surface area (Å²) in [7, 11) is 0. The summed E-state index contributed by atoms with van der Waals surface area (Å²) in [6.45, 7) is 3.76. The molecule has 20 heavy (non-hydrogen) atoms. The van der Waals surface area contributed by atoms with E-state index in [0.29, 0.717) is 25.5 Å². The van der Waals surface area contributed by atoms with Gasteiger partial charge in [0.15, 0.2) is 10.0 Å². The van der Waals surface area contributed by atoms with Gasteiger partial charge in [-0.3, -0.25) is 10.1 Å². The summed E-state index contributed by atoms with van der Waals surface area (Å²) in [6.07, 6.45) is 3.07. The molecule has 4 nitrogen and oxygen atoms in total. The number of nitrogens with zero attached hydrogens (tertiary/aromatic N) is 1. The number of thiazole rings is 1. The highest BCUT2D eigenvalue weighted by atomic mass is 35.5. The Morgan fingerprint density at radius 2 is 2.10 bits per heavy atom. The third-order valence-electron chi connectivity index (χ3n) is 2.51. The molecule has 0 saturated heterocycles. The van der Waals surface area contributed by atoms with E-state index >= 15 is 0 Å². The van der Waals surface area contributed by atoms with Gasteiger partial charge in [0.05, 0.1) is 6.20 Å². The van der Waals surface area contributed by atoms with Crippen molar-refractivity contribution in [2.45, 2.75) is 4.90 Å². The molecule has 0 aliphatic rings. The van der Waals surface area contributed by atoms with Crippen LogP contribution in [0.5, 0.6) is 0 Å². The first kappa shape index (κ1) is 15.1. The van der Waals surface area contributed by atoms with E-state index in [1.165, 1.54) is 17.5 Å². The van der Waals surface area contributed by atoms with E-state index in [1.54, 1.807) is 30.5 Å². The number of halogens is 1. The van der Waals surface area contributed by atoms with Gasteiger partial charge in [-0.25, -0.2) is 4.98 Å². The smallest absolute Gasteiger partial charge is 0.257 e. The number of aromatic nitrogens is 1. The number of rotatable bonds is 4. The van der Waals surface area contributed by atoms with Crippen LogP contribution in [0.25, 0.3) is 5.57 Å². The van der Waals surface area contributed by atoms with Gasteiger partial charge in [-0.05, 0) is 41.0 Å². The van der Waals surface area contributed by atoms with Crippen molar-refractivity contribution in [3.63, 3.8) is 0 Å². The third kappa shape index (κ3) is 3.61. The van der Waals surface area contributed by atoms with Gasteiger partial charge in [-0.15, -0.1) is 0 Å². The minimum absolute atomic E-state index is 0.310. The SMILES string of the molecule is C=C(C(=O)Nc1ncc(Cl)s1)c1ccc([S+](C)[O-])cc1. The standard InChI is InChI=1S/C13H11ClN2O2S2/c1-8(9-3-5-10(6-4-9)20(2)18)12(17)16-13-15-7-11(14)19-13/h3-7H,1H2,2H3,(H,15,16,17). The van der Waals surface area contributed by atoms with E-state index < -0.39 is 11.2 Å². The molecule has 0 bridgehead atoms. The average Bonchev–Trinajstić information content (AvgIpc) is 2.83. The second-order valence-electron chi connectivity index (χ2n) is 3.88. The predicted molar refractivity (Wildman–Crippen MR) is 83.6 cm³/mol. The highest BCUT2D eigenvalue weighted by Crippen LogP contribution is 2.24. The van der Waals surface area contributed by atoms with Gasteiger partial charge in [0.2, 0.25) is 0 Å². The Bertz CT molecular complexity index is 638. The van der Waals surface area contributed by atoms with Crippen molar-refractivity contribution in [2.75, 3.05) is 11.6 Å². The van der Waals surface area contributed by atoms with Crippen LogP contribution in [0.3, 0.4) is 0 Å². The van der Waals surface area contributed by atoms with Gasteiger partial charge in [0.25, 0.3) is 5.91 Å². The molecule has 0 fully saturated rings. The molecule has 1 amide bonds. The minimum atomic E-state index is -1.04. The van der Waals surface area contributed by atoms with Gasteiger partial charge in [-0.1, -0.05) is 29.5 Å². The second-order valence-corrected chi connectivity index (χ2v) is 6.92. The van der Waals surface area contributed by atoms with Crippen LogP contribution in [0, 0.1) is 0 Å². The summed E-state index contributed by atoms with van der Waals surface area (Å²) < 4.78 is 11.8. The predicted octanol–water partition coefficient (Wildman–Crippen LogP) is 3.19. The fraction of sp³-hybridized carbons (Fsp3) is 0.0769. The summed E-state index contributed by atoms with van der Waals surface area (Å²) >= 11 is 5.87. The second kappa shape index (κ2) is 6.41. The summed E-state index contributed by atoms with van der Waals surface area (Å²) in [5.74, 6) is -0.346. The van der Waals surface area contributed by atoms with E-state index in [-0.39, 0.29) is 5.91 Å². The molecule has 7 heteroatoms. The largest absolute Gasteiger partial charge is 0.612 e. The highest BCUT2D eigenvalue weighted by Gasteiger charge is 2.13. The molecule has 2 aromatic rings. The van der Waals surface area contributed by atoms with Crippen molar-refractivity contribution < 1.29 is 9.35 Å². The molecular formula is C13H11ClN2O2S2. The third-order valence-corrected chi connectivity index (χ3v) is 4.47. The molecule has 0 aliphatic heterocycles. The number of hydrogen-bond acceptors (Lipinski definition) is 4. The molecule has 1 unspecified atom stereocenters. The maximum Gasteiger partial charge on any atom is 0.257 e. The lowest BCUT2D eigenvalue weighted by Crippen LogP contribution is -2.12. The Balaban J connectivity index is 2.08. The summed E-state index contributed by atoms with van der Waals surface area (Å²) in [6, 6.07) is 6.86. The molecular weight excluding hydrogens is 316 g/mol. The topological polar surface area (TPSA) is 65.0 Å². The Morgan fingerprint density at radius 1 is 1.45 bits per heavy atom. The Hall–Kier alpha value is -1.34. The normalized spacial score (nSPS) is 11.9. The zero-order chi connectivity index (χ0) is 14.7. The number of carbonyl (C=O) groups is 1. The molecule has 104 valence electrons. The molecule has 1 aromatic carbocycles. The maximum absolute atomic E-state index is 12.0. The molecule has 1 atom stereocenters. The van der Waals surface area contributed by atoms with Crippen LogP contribution in [0.1, 0.15) is 5.56 Å². The molecule has 1 N–H and O–H groups in total. The Labute approximate surface area is 128 Å². The number of amides is 1. The van der Waals surface area contributed by atoms with E-state index in [4.69, 9.17) is 11.6 Å². The van der Waals surface area contributed by atoms with E-state index in [9.17, 15) is 9.35 Å². The lowest BCUT2D eigenvalue weighted by molar-refractivity contribution is -0.111. The summed E-state index contributed by atoms with van der Waals surface area (Å²) in [4.78, 5) is 16.6. The van der Waals surface area contributed by atoms with Crippen molar-refractivity contribution in [2.24, 2.45) is 0 Å². The van der Waals surface area contributed by atoms with Crippen LogP contribution >= 0.6 is 22.9 Å². The molecule has 0 aliphatic carbocycles. The van der Waals surface area contributed by atoms with Crippen molar-refractivity contribution in [1.29, 1.82) is 0 Å². The molecule has 2 rings (SSSR count). The van der Waals surface area contributed by atoms with Crippen LogP contribution < -0.4 is 5.32 Å². The number of benzene rings is 1. The average molecular weight is 327 g/mol. The van der Waals surface area contributed by atoms with E-state index in [2.05, 4.69) is 16.9 Å². The zero-order valence-corrected chi connectivity index (χ0v) is 12.9. The lowest BCUT2D eigenvalue weighted by Gasteiger charge is -2.07. The van der Waals surface area contributed by atoms with Crippen LogP contribution in [0.4, 0.5) is 5.13 Å². The van der Waals surface area contributed by atoms with Gasteiger partial charge < -0.3 is 4.55 Å². The monoisotopic (exact) mass is 326 g/mol. The van der Waals surface area contributed by atoms with Crippen molar-refractivity contribution in [3.8, 4) is 0 Å². The van der Waals surface area contributed by atoms with Gasteiger partial charge in [0, 0.05) is 5.57 Å². The molecule has 1 aromatic heterocycles. The quantitative estimate of drug-likeness (QED) is 0.693. The van der Waals surface area contributed by atoms with Gasteiger partial charge >= 0.3 is 0 Å². The minimum Gasteiger partial charge on any atom is -0.612 e. The van der Waals surface area contributed by atoms with Crippen LogP contribution in [0.2, 0.25) is 4.34 Å². The van der Waals surface area contributed by atoms with Crippen LogP contribution in [-0.2, 0) is 16.0 Å². The van der Waals surface area contributed by atoms with Crippen LogP contribution in [0.15, 0.2) is 41.9 Å². The Kier molecular flexibility index (Phi) is 4.82. The van der Waals surface area contributed by atoms with E-state index in [1.807, 2.05) is 0 Å². The van der Waals surface area contributed by atoms with Crippen LogP contribution in [-0.4, -0.2) is 21.7 Å². The van der Waals surface area contributed by atoms with Crippen molar-refractivity contribution >= 4 is 50.7 Å². The highest BCUT2D eigenvalue weighted by molar-refractivity contribution is 7.90. The first-order valence-electron chi connectivity index (χ1n) is 5.53. The molecule has 0 spiro atoms. The van der Waals surface area contributed by atoms with Gasteiger partial charge in [-0.2, -0.15) is 0 Å². The molecule has 0 saturated carbocycles. The first-order chi connectivity index (χ1) is 9.47. The summed E-state index contributed by atoms with van der Waals surface area (Å²) in [5, 5.41) is 3.05. The number of hydrogen-bond donors (Lipinski definition) is 1. The molecule has 0 radical (unpaired) electrons. The Morgan fingerprint density at radius 3 is 2.60 bits per heavy atom. The molecule has 1 heterocycles. The van der Waals surface area contributed by atoms with Crippen molar-refractivity contribution in [3.05, 3.63) is 46.9 Å². The fourth-order valence-electron chi connectivity index (χ4n) is 1.46. The number of anilines is 1. The van der Waals surface area contributed by atoms with Crippen molar-refractivity contribution in [1.82, 2.24) is 4.98 Å². The lowest BCUT2D eigenvalue weighted by atomic mass is 10.1. The fourth-order valence-corrected chi connectivity index (χ4v) is 2.79. The van der Waals surface area contributed by atoms with E-state index in [0.717, 1.165) is 0 Å². The summed E-state index contributed by atoms with van der Waals surface area (Å²) in [5.41, 5.74) is 0.976. The van der Waals surface area contributed by atoms with Gasteiger partial charge in [0.1, 0.15) is 10.6 Å². The number of carbonyl (C=O) groups excluding carboxylic acids is 1.